The Balaban J connectivity index is 2.55. The molecule has 0 heterocycles. The standard InChI is InChI=1S/C17H30N2/c1-4-6-10-15(5-2)12-17(19-18)13-16-11-8-7-9-14(16)3/h7-9,11,15,17,19H,4-6,10,12-13,18H2,1-3H3. The minimum Gasteiger partial charge on any atom is -0.271 e. The topological polar surface area (TPSA) is 38.0 Å². The minimum absolute atomic E-state index is 0.392. The highest BCUT2D eigenvalue weighted by Crippen LogP contribution is 2.21. The third-order valence-electron chi connectivity index (χ3n) is 4.12. The summed E-state index contributed by atoms with van der Waals surface area (Å²) in [5, 5.41) is 0. The lowest BCUT2D eigenvalue weighted by Crippen LogP contribution is -2.38. The van der Waals surface area contributed by atoms with Gasteiger partial charge in [-0.3, -0.25) is 11.3 Å². The molecule has 1 aromatic carbocycles. The molecule has 0 bridgehead atoms. The summed E-state index contributed by atoms with van der Waals surface area (Å²) in [4.78, 5) is 0. The van der Waals surface area contributed by atoms with Crippen molar-refractivity contribution in [3.05, 3.63) is 35.4 Å². The zero-order chi connectivity index (χ0) is 14.1. The van der Waals surface area contributed by atoms with E-state index in [1.54, 1.807) is 0 Å². The van der Waals surface area contributed by atoms with Crippen molar-refractivity contribution in [2.24, 2.45) is 11.8 Å². The summed E-state index contributed by atoms with van der Waals surface area (Å²) in [5.74, 6) is 6.55. The molecule has 0 saturated carbocycles. The molecular weight excluding hydrogens is 232 g/mol. The van der Waals surface area contributed by atoms with E-state index in [0.717, 1.165) is 12.3 Å². The van der Waals surface area contributed by atoms with E-state index < -0.39 is 0 Å². The van der Waals surface area contributed by atoms with Gasteiger partial charge in [-0.2, -0.15) is 0 Å². The Morgan fingerprint density at radius 2 is 1.95 bits per heavy atom. The van der Waals surface area contributed by atoms with Crippen molar-refractivity contribution in [1.29, 1.82) is 0 Å². The van der Waals surface area contributed by atoms with Crippen molar-refractivity contribution in [3.8, 4) is 0 Å². The fraction of sp³-hybridized carbons (Fsp3) is 0.647. The third-order valence-corrected chi connectivity index (χ3v) is 4.12. The maximum absolute atomic E-state index is 5.75. The number of nitrogens with one attached hydrogen (secondary N) is 1. The quantitative estimate of drug-likeness (QED) is 0.522. The van der Waals surface area contributed by atoms with Crippen LogP contribution in [0.3, 0.4) is 0 Å². The van der Waals surface area contributed by atoms with E-state index in [9.17, 15) is 0 Å². The number of hydrazine groups is 1. The van der Waals surface area contributed by atoms with Crippen molar-refractivity contribution < 1.29 is 0 Å². The number of hydrogen-bond acceptors (Lipinski definition) is 2. The van der Waals surface area contributed by atoms with Gasteiger partial charge in [0.1, 0.15) is 0 Å². The Morgan fingerprint density at radius 3 is 2.53 bits per heavy atom. The smallest absolute Gasteiger partial charge is 0.0253 e. The highest BCUT2D eigenvalue weighted by Gasteiger charge is 2.15. The van der Waals surface area contributed by atoms with Crippen LogP contribution in [0.1, 0.15) is 57.1 Å². The molecule has 0 amide bonds. The average Bonchev–Trinajstić information content (AvgIpc) is 2.44. The lowest BCUT2D eigenvalue weighted by atomic mass is 9.89. The van der Waals surface area contributed by atoms with Crippen molar-refractivity contribution in [3.63, 3.8) is 0 Å². The molecule has 0 saturated heterocycles. The molecule has 0 fully saturated rings. The molecule has 2 heteroatoms. The van der Waals surface area contributed by atoms with Crippen molar-refractivity contribution in [2.75, 3.05) is 0 Å². The first kappa shape index (κ1) is 16.2. The van der Waals surface area contributed by atoms with Crippen LogP contribution in [-0.2, 0) is 6.42 Å². The van der Waals surface area contributed by atoms with E-state index in [0.29, 0.717) is 6.04 Å². The van der Waals surface area contributed by atoms with Crippen molar-refractivity contribution in [2.45, 2.75) is 65.3 Å². The molecule has 108 valence electrons. The van der Waals surface area contributed by atoms with Gasteiger partial charge in [0.05, 0.1) is 0 Å². The largest absolute Gasteiger partial charge is 0.271 e. The van der Waals surface area contributed by atoms with Gasteiger partial charge in [-0.05, 0) is 36.8 Å². The molecule has 0 aliphatic rings. The number of nitrogens with two attached hydrogens (primary N) is 1. The van der Waals surface area contributed by atoms with Gasteiger partial charge in [-0.15, -0.1) is 0 Å². The molecule has 0 aromatic heterocycles. The second-order valence-electron chi connectivity index (χ2n) is 5.65. The lowest BCUT2D eigenvalue weighted by Gasteiger charge is -2.23. The van der Waals surface area contributed by atoms with E-state index in [1.165, 1.54) is 43.2 Å². The maximum Gasteiger partial charge on any atom is 0.0253 e. The number of aryl methyl sites for hydroxylation is 1. The van der Waals surface area contributed by atoms with E-state index >= 15 is 0 Å². The van der Waals surface area contributed by atoms with Crippen molar-refractivity contribution >= 4 is 0 Å². The lowest BCUT2D eigenvalue weighted by molar-refractivity contribution is 0.349. The van der Waals surface area contributed by atoms with Gasteiger partial charge >= 0.3 is 0 Å². The normalized spacial score (nSPS) is 14.3. The van der Waals surface area contributed by atoms with Crippen LogP contribution in [0.5, 0.6) is 0 Å². The average molecular weight is 262 g/mol. The van der Waals surface area contributed by atoms with Crippen molar-refractivity contribution in [1.82, 2.24) is 5.43 Å². The zero-order valence-corrected chi connectivity index (χ0v) is 12.8. The van der Waals surface area contributed by atoms with Crippen LogP contribution in [-0.4, -0.2) is 6.04 Å². The van der Waals surface area contributed by atoms with Crippen LogP contribution in [0.15, 0.2) is 24.3 Å². The summed E-state index contributed by atoms with van der Waals surface area (Å²) >= 11 is 0. The molecular formula is C17H30N2. The van der Waals surface area contributed by atoms with Crippen LogP contribution in [0, 0.1) is 12.8 Å². The third kappa shape index (κ3) is 5.75. The Morgan fingerprint density at radius 1 is 1.21 bits per heavy atom. The summed E-state index contributed by atoms with van der Waals surface area (Å²) in [5.41, 5.74) is 5.80. The Kier molecular flexibility index (Phi) is 7.76. The fourth-order valence-corrected chi connectivity index (χ4v) is 2.70. The highest BCUT2D eigenvalue weighted by molar-refractivity contribution is 5.26. The first-order valence-corrected chi connectivity index (χ1v) is 7.71. The SMILES string of the molecule is CCCCC(CC)CC(Cc1ccccc1C)NN. The summed E-state index contributed by atoms with van der Waals surface area (Å²) in [6.07, 6.45) is 7.42. The zero-order valence-electron chi connectivity index (χ0n) is 12.8. The monoisotopic (exact) mass is 262 g/mol. The molecule has 0 aliphatic carbocycles. The second kappa shape index (κ2) is 9.11. The molecule has 19 heavy (non-hydrogen) atoms. The van der Waals surface area contributed by atoms with E-state index in [1.807, 2.05) is 0 Å². The Labute approximate surface area is 118 Å². The number of rotatable bonds is 9. The summed E-state index contributed by atoms with van der Waals surface area (Å²) < 4.78 is 0. The predicted molar refractivity (Wildman–Crippen MR) is 83.9 cm³/mol. The summed E-state index contributed by atoms with van der Waals surface area (Å²) in [7, 11) is 0. The molecule has 0 radical (unpaired) electrons. The van der Waals surface area contributed by atoms with Gasteiger partial charge in [0.2, 0.25) is 0 Å². The van der Waals surface area contributed by atoms with Crippen LogP contribution < -0.4 is 11.3 Å². The van der Waals surface area contributed by atoms with Gasteiger partial charge in [0.15, 0.2) is 0 Å². The van der Waals surface area contributed by atoms with Crippen LogP contribution in [0.25, 0.3) is 0 Å². The van der Waals surface area contributed by atoms with Crippen LogP contribution in [0.2, 0.25) is 0 Å². The van der Waals surface area contributed by atoms with E-state index in [-0.39, 0.29) is 0 Å². The molecule has 3 N–H and O–H groups in total. The Hall–Kier alpha value is -0.860. The molecule has 2 unspecified atom stereocenters. The molecule has 0 spiro atoms. The van der Waals surface area contributed by atoms with E-state index in [4.69, 9.17) is 5.84 Å². The van der Waals surface area contributed by atoms with Gasteiger partial charge in [-0.25, -0.2) is 0 Å². The summed E-state index contributed by atoms with van der Waals surface area (Å²) in [6, 6.07) is 9.00. The summed E-state index contributed by atoms with van der Waals surface area (Å²) in [6.45, 7) is 6.73. The molecule has 0 aliphatic heterocycles. The molecule has 1 rings (SSSR count). The second-order valence-corrected chi connectivity index (χ2v) is 5.65. The highest BCUT2D eigenvalue weighted by atomic mass is 15.2. The fourth-order valence-electron chi connectivity index (χ4n) is 2.70. The predicted octanol–water partition coefficient (Wildman–Crippen LogP) is 3.98. The number of benzene rings is 1. The molecule has 2 nitrogen and oxygen atoms in total. The van der Waals surface area contributed by atoms with Gasteiger partial charge in [-0.1, -0.05) is 63.8 Å². The van der Waals surface area contributed by atoms with E-state index in [2.05, 4.69) is 50.5 Å². The number of hydrogen-bond donors (Lipinski definition) is 2. The van der Waals surface area contributed by atoms with Crippen LogP contribution >= 0.6 is 0 Å². The molecule has 1 aromatic rings. The van der Waals surface area contributed by atoms with Gasteiger partial charge in [0, 0.05) is 6.04 Å². The van der Waals surface area contributed by atoms with Crippen LogP contribution in [0.4, 0.5) is 0 Å². The first-order chi connectivity index (χ1) is 9.21. The maximum atomic E-state index is 5.75. The first-order valence-electron chi connectivity index (χ1n) is 7.71. The Bertz CT molecular complexity index is 349. The number of unbranched alkanes of at least 4 members (excludes halogenated alkanes) is 1. The van der Waals surface area contributed by atoms with Gasteiger partial charge < -0.3 is 0 Å². The minimum atomic E-state index is 0.392. The molecule has 2 atom stereocenters. The van der Waals surface area contributed by atoms with Gasteiger partial charge in [0.25, 0.3) is 0 Å².